The van der Waals surface area contributed by atoms with Gasteiger partial charge in [0.05, 0.1) is 11.7 Å². The van der Waals surface area contributed by atoms with Crippen LogP contribution in [-0.4, -0.2) is 16.0 Å². The molecule has 0 fully saturated rings. The standard InChI is InChI=1S/C15H21N3S/c1-15(2,3)18-11-12(10-17-18)9-16-13-5-7-14(19-4)8-6-13/h5-8,10-11,16H,9H2,1-4H3. The molecular formula is C15H21N3S. The van der Waals surface area contributed by atoms with Gasteiger partial charge in [-0.1, -0.05) is 0 Å². The molecule has 1 aromatic heterocycles. The Balaban J connectivity index is 1.96. The molecule has 0 saturated carbocycles. The maximum atomic E-state index is 4.40. The summed E-state index contributed by atoms with van der Waals surface area (Å²) in [7, 11) is 0. The van der Waals surface area contributed by atoms with Gasteiger partial charge in [-0.05, 0) is 51.3 Å². The Bertz CT molecular complexity index is 523. The lowest BCUT2D eigenvalue weighted by molar-refractivity contribution is 0.355. The van der Waals surface area contributed by atoms with Crippen molar-refractivity contribution in [3.8, 4) is 0 Å². The quantitative estimate of drug-likeness (QED) is 0.856. The third kappa shape index (κ3) is 3.77. The Morgan fingerprint density at radius 1 is 1.21 bits per heavy atom. The molecule has 2 rings (SSSR count). The predicted molar refractivity (Wildman–Crippen MR) is 82.8 cm³/mol. The first-order valence-corrected chi connectivity index (χ1v) is 7.63. The van der Waals surface area contributed by atoms with Crippen LogP contribution in [0, 0.1) is 0 Å². The van der Waals surface area contributed by atoms with E-state index in [-0.39, 0.29) is 5.54 Å². The number of nitrogens with zero attached hydrogens (tertiary/aromatic N) is 2. The molecule has 0 aliphatic carbocycles. The summed E-state index contributed by atoms with van der Waals surface area (Å²) >= 11 is 1.76. The summed E-state index contributed by atoms with van der Waals surface area (Å²) in [6, 6.07) is 8.48. The van der Waals surface area contributed by atoms with Gasteiger partial charge in [0.2, 0.25) is 0 Å². The minimum atomic E-state index is 0.0399. The largest absolute Gasteiger partial charge is 0.381 e. The van der Waals surface area contributed by atoms with Crippen molar-refractivity contribution in [2.75, 3.05) is 11.6 Å². The molecule has 0 aliphatic heterocycles. The molecule has 102 valence electrons. The maximum absolute atomic E-state index is 4.40. The van der Waals surface area contributed by atoms with Gasteiger partial charge >= 0.3 is 0 Å². The van der Waals surface area contributed by atoms with E-state index in [4.69, 9.17) is 0 Å². The van der Waals surface area contributed by atoms with Crippen molar-refractivity contribution in [3.05, 3.63) is 42.2 Å². The van der Waals surface area contributed by atoms with Gasteiger partial charge in [0, 0.05) is 28.9 Å². The fraction of sp³-hybridized carbons (Fsp3) is 0.400. The molecule has 1 N–H and O–H groups in total. The van der Waals surface area contributed by atoms with Gasteiger partial charge in [0.1, 0.15) is 0 Å². The lowest BCUT2D eigenvalue weighted by atomic mass is 10.1. The molecule has 0 unspecified atom stereocenters. The minimum absolute atomic E-state index is 0.0399. The molecule has 19 heavy (non-hydrogen) atoms. The number of nitrogens with one attached hydrogen (secondary N) is 1. The van der Waals surface area contributed by atoms with E-state index >= 15 is 0 Å². The summed E-state index contributed by atoms with van der Waals surface area (Å²) in [5.74, 6) is 0. The van der Waals surface area contributed by atoms with Crippen LogP contribution in [0.15, 0.2) is 41.6 Å². The van der Waals surface area contributed by atoms with Crippen LogP contribution in [0.25, 0.3) is 0 Å². The molecule has 0 atom stereocenters. The van der Waals surface area contributed by atoms with Crippen LogP contribution in [0.1, 0.15) is 26.3 Å². The van der Waals surface area contributed by atoms with Crippen LogP contribution in [0.3, 0.4) is 0 Å². The molecule has 0 amide bonds. The average molecular weight is 275 g/mol. The monoisotopic (exact) mass is 275 g/mol. The third-order valence-corrected chi connectivity index (χ3v) is 3.65. The molecule has 1 aromatic carbocycles. The Kier molecular flexibility index (Phi) is 4.20. The van der Waals surface area contributed by atoms with Crippen LogP contribution in [0.2, 0.25) is 0 Å². The second kappa shape index (κ2) is 5.70. The fourth-order valence-corrected chi connectivity index (χ4v) is 2.14. The molecular weight excluding hydrogens is 254 g/mol. The second-order valence-corrected chi connectivity index (χ2v) is 6.43. The number of anilines is 1. The summed E-state index contributed by atoms with van der Waals surface area (Å²) in [6.45, 7) is 7.25. The highest BCUT2D eigenvalue weighted by Gasteiger charge is 2.13. The van der Waals surface area contributed by atoms with E-state index in [1.54, 1.807) is 11.8 Å². The van der Waals surface area contributed by atoms with Crippen LogP contribution >= 0.6 is 11.8 Å². The average Bonchev–Trinajstić information content (AvgIpc) is 2.86. The topological polar surface area (TPSA) is 29.9 Å². The summed E-state index contributed by atoms with van der Waals surface area (Å²) in [6.07, 6.45) is 6.11. The van der Waals surface area contributed by atoms with Crippen molar-refractivity contribution in [2.24, 2.45) is 0 Å². The Morgan fingerprint density at radius 3 is 2.42 bits per heavy atom. The van der Waals surface area contributed by atoms with Crippen LogP contribution in [0.5, 0.6) is 0 Å². The molecule has 0 spiro atoms. The zero-order valence-electron chi connectivity index (χ0n) is 12.0. The van der Waals surface area contributed by atoms with E-state index in [0.717, 1.165) is 12.2 Å². The first-order valence-electron chi connectivity index (χ1n) is 6.41. The highest BCUT2D eigenvalue weighted by atomic mass is 32.2. The maximum Gasteiger partial charge on any atom is 0.0543 e. The van der Waals surface area contributed by atoms with Gasteiger partial charge in [0.25, 0.3) is 0 Å². The van der Waals surface area contributed by atoms with Gasteiger partial charge in [-0.2, -0.15) is 5.10 Å². The van der Waals surface area contributed by atoms with Crippen LogP contribution in [-0.2, 0) is 12.1 Å². The van der Waals surface area contributed by atoms with E-state index in [1.165, 1.54) is 10.5 Å². The van der Waals surface area contributed by atoms with Gasteiger partial charge < -0.3 is 5.32 Å². The summed E-state index contributed by atoms with van der Waals surface area (Å²) in [5, 5.41) is 7.81. The highest BCUT2D eigenvalue weighted by molar-refractivity contribution is 7.98. The van der Waals surface area contributed by atoms with E-state index in [9.17, 15) is 0 Å². The molecule has 1 heterocycles. The van der Waals surface area contributed by atoms with Crippen molar-refractivity contribution >= 4 is 17.4 Å². The highest BCUT2D eigenvalue weighted by Crippen LogP contribution is 2.18. The number of aromatic nitrogens is 2. The molecule has 0 bridgehead atoms. The third-order valence-electron chi connectivity index (χ3n) is 2.91. The lowest BCUT2D eigenvalue weighted by Crippen LogP contribution is -2.21. The Labute approximate surface area is 119 Å². The zero-order chi connectivity index (χ0) is 13.9. The Hall–Kier alpha value is -1.42. The minimum Gasteiger partial charge on any atom is -0.381 e. The van der Waals surface area contributed by atoms with Gasteiger partial charge in [-0.3, -0.25) is 4.68 Å². The van der Waals surface area contributed by atoms with E-state index in [2.05, 4.69) is 67.9 Å². The molecule has 2 aromatic rings. The second-order valence-electron chi connectivity index (χ2n) is 5.55. The predicted octanol–water partition coefficient (Wildman–Crippen LogP) is 3.97. The van der Waals surface area contributed by atoms with Gasteiger partial charge in [0.15, 0.2) is 0 Å². The molecule has 0 aliphatic rings. The number of rotatable bonds is 4. The number of thioether (sulfide) groups is 1. The fourth-order valence-electron chi connectivity index (χ4n) is 1.73. The van der Waals surface area contributed by atoms with Crippen LogP contribution < -0.4 is 5.32 Å². The van der Waals surface area contributed by atoms with E-state index < -0.39 is 0 Å². The van der Waals surface area contributed by atoms with Crippen molar-refractivity contribution in [1.29, 1.82) is 0 Å². The molecule has 4 heteroatoms. The number of hydrogen-bond donors (Lipinski definition) is 1. The van der Waals surface area contributed by atoms with Crippen molar-refractivity contribution in [3.63, 3.8) is 0 Å². The summed E-state index contributed by atoms with van der Waals surface area (Å²) in [4.78, 5) is 1.28. The number of benzene rings is 1. The molecule has 0 radical (unpaired) electrons. The smallest absolute Gasteiger partial charge is 0.0543 e. The normalized spacial score (nSPS) is 11.6. The van der Waals surface area contributed by atoms with Gasteiger partial charge in [-0.25, -0.2) is 0 Å². The van der Waals surface area contributed by atoms with E-state index in [0.29, 0.717) is 0 Å². The summed E-state index contributed by atoms with van der Waals surface area (Å²) < 4.78 is 2.00. The van der Waals surface area contributed by atoms with Crippen molar-refractivity contribution in [1.82, 2.24) is 9.78 Å². The van der Waals surface area contributed by atoms with Gasteiger partial charge in [-0.15, -0.1) is 11.8 Å². The summed E-state index contributed by atoms with van der Waals surface area (Å²) in [5.41, 5.74) is 2.38. The van der Waals surface area contributed by atoms with E-state index in [1.807, 2.05) is 10.9 Å². The SMILES string of the molecule is CSc1ccc(NCc2cnn(C(C)(C)C)c2)cc1. The molecule has 3 nitrogen and oxygen atoms in total. The van der Waals surface area contributed by atoms with Crippen molar-refractivity contribution in [2.45, 2.75) is 37.8 Å². The first-order chi connectivity index (χ1) is 8.99. The molecule has 0 saturated heterocycles. The Morgan fingerprint density at radius 2 is 1.89 bits per heavy atom. The number of hydrogen-bond acceptors (Lipinski definition) is 3. The first kappa shape index (κ1) is 14.0. The van der Waals surface area contributed by atoms with Crippen LogP contribution in [0.4, 0.5) is 5.69 Å². The van der Waals surface area contributed by atoms with Crippen molar-refractivity contribution < 1.29 is 0 Å². The zero-order valence-corrected chi connectivity index (χ0v) is 12.8. The lowest BCUT2D eigenvalue weighted by Gasteiger charge is -2.18.